The molecule has 2 N–H and O–H groups in total. The van der Waals surface area contributed by atoms with Crippen LogP contribution in [-0.4, -0.2) is 30.3 Å². The van der Waals surface area contributed by atoms with Crippen molar-refractivity contribution in [2.24, 2.45) is 0 Å². The van der Waals surface area contributed by atoms with Crippen LogP contribution < -0.4 is 10.1 Å². The van der Waals surface area contributed by atoms with Gasteiger partial charge in [-0.2, -0.15) is 0 Å². The van der Waals surface area contributed by atoms with Gasteiger partial charge in [0.1, 0.15) is 11.3 Å². The van der Waals surface area contributed by atoms with Crippen molar-refractivity contribution in [1.82, 2.24) is 5.32 Å². The van der Waals surface area contributed by atoms with Crippen LogP contribution >= 0.6 is 0 Å². The summed E-state index contributed by atoms with van der Waals surface area (Å²) in [5.41, 5.74) is 1.49. The van der Waals surface area contributed by atoms with Gasteiger partial charge in [-0.3, -0.25) is 4.79 Å². The summed E-state index contributed by atoms with van der Waals surface area (Å²) < 4.78 is 5.22. The molecule has 0 saturated heterocycles. The summed E-state index contributed by atoms with van der Waals surface area (Å²) in [5, 5.41) is 12.8. The van der Waals surface area contributed by atoms with Gasteiger partial charge < -0.3 is 15.2 Å². The number of carboxylic acid groups (broad SMARTS) is 1. The molecule has 1 aliphatic rings. The van der Waals surface area contributed by atoms with E-state index < -0.39 is 11.5 Å². The summed E-state index contributed by atoms with van der Waals surface area (Å²) in [5.74, 6) is 0.0323. The van der Waals surface area contributed by atoms with Gasteiger partial charge in [0.05, 0.1) is 7.11 Å². The molecule has 0 bridgehead atoms. The predicted molar refractivity (Wildman–Crippen MR) is 73.7 cm³/mol. The summed E-state index contributed by atoms with van der Waals surface area (Å²) in [7, 11) is 1.63. The van der Waals surface area contributed by atoms with E-state index in [2.05, 4.69) is 5.32 Å². The number of aliphatic carboxylic acids is 1. The Balaban J connectivity index is 2.28. The number of nitrogens with one attached hydrogen (secondary N) is 1. The number of carbonyl (C=O) groups is 1. The Bertz CT molecular complexity index is 472. The van der Waals surface area contributed by atoms with Crippen molar-refractivity contribution in [1.29, 1.82) is 0 Å². The summed E-state index contributed by atoms with van der Waals surface area (Å²) in [6, 6.07) is 5.94. The van der Waals surface area contributed by atoms with Crippen molar-refractivity contribution in [3.05, 3.63) is 29.3 Å². The summed E-state index contributed by atoms with van der Waals surface area (Å²) in [6.07, 6.45) is 2.89. The van der Waals surface area contributed by atoms with E-state index in [4.69, 9.17) is 4.74 Å². The van der Waals surface area contributed by atoms with Crippen LogP contribution in [0.15, 0.2) is 18.2 Å². The first kappa shape index (κ1) is 13.9. The SMILES string of the molecule is CCCNC1(C(=O)O)CCc2ccc(OC)cc2C1. The van der Waals surface area contributed by atoms with E-state index in [1.54, 1.807) is 7.11 Å². The van der Waals surface area contributed by atoms with E-state index in [1.807, 2.05) is 25.1 Å². The second-order valence-electron chi connectivity index (χ2n) is 5.13. The highest BCUT2D eigenvalue weighted by Crippen LogP contribution is 2.31. The fraction of sp³-hybridized carbons (Fsp3) is 0.533. The molecule has 4 heteroatoms. The lowest BCUT2D eigenvalue weighted by Crippen LogP contribution is -2.55. The Kier molecular flexibility index (Phi) is 4.10. The van der Waals surface area contributed by atoms with E-state index >= 15 is 0 Å². The van der Waals surface area contributed by atoms with Crippen LogP contribution in [0, 0.1) is 0 Å². The smallest absolute Gasteiger partial charge is 0.324 e. The quantitative estimate of drug-likeness (QED) is 0.853. The molecule has 2 rings (SSSR count). The summed E-state index contributed by atoms with van der Waals surface area (Å²) in [4.78, 5) is 11.7. The first-order valence-electron chi connectivity index (χ1n) is 6.75. The minimum atomic E-state index is -0.824. The number of carboxylic acids is 1. The molecule has 0 amide bonds. The van der Waals surface area contributed by atoms with Gasteiger partial charge in [0.2, 0.25) is 0 Å². The fourth-order valence-corrected chi connectivity index (χ4v) is 2.67. The molecule has 0 spiro atoms. The largest absolute Gasteiger partial charge is 0.497 e. The molecular formula is C15H21NO3. The third-order valence-electron chi connectivity index (χ3n) is 3.85. The Morgan fingerprint density at radius 1 is 1.47 bits per heavy atom. The van der Waals surface area contributed by atoms with Gasteiger partial charge in [0.25, 0.3) is 0 Å². The van der Waals surface area contributed by atoms with Crippen molar-refractivity contribution >= 4 is 5.97 Å². The van der Waals surface area contributed by atoms with E-state index in [0.717, 1.165) is 30.7 Å². The van der Waals surface area contributed by atoms with E-state index in [9.17, 15) is 9.90 Å². The number of hydrogen-bond acceptors (Lipinski definition) is 3. The summed E-state index contributed by atoms with van der Waals surface area (Å²) >= 11 is 0. The second kappa shape index (κ2) is 5.61. The molecule has 1 aromatic carbocycles. The number of benzene rings is 1. The molecule has 0 saturated carbocycles. The van der Waals surface area contributed by atoms with Crippen LogP contribution in [0.3, 0.4) is 0 Å². The Hall–Kier alpha value is -1.55. The van der Waals surface area contributed by atoms with Crippen molar-refractivity contribution in [2.45, 2.75) is 38.1 Å². The molecule has 1 unspecified atom stereocenters. The maximum Gasteiger partial charge on any atom is 0.324 e. The lowest BCUT2D eigenvalue weighted by atomic mass is 9.77. The molecular weight excluding hydrogens is 242 g/mol. The van der Waals surface area contributed by atoms with Crippen molar-refractivity contribution in [2.75, 3.05) is 13.7 Å². The van der Waals surface area contributed by atoms with Crippen molar-refractivity contribution in [3.8, 4) is 5.75 Å². The molecule has 0 heterocycles. The number of methoxy groups -OCH3 is 1. The van der Waals surface area contributed by atoms with Crippen LogP contribution in [0.1, 0.15) is 30.9 Å². The van der Waals surface area contributed by atoms with Gasteiger partial charge in [-0.15, -0.1) is 0 Å². The minimum absolute atomic E-state index is 0.523. The number of fused-ring (bicyclic) bond motifs is 1. The third kappa shape index (κ3) is 2.73. The highest BCUT2D eigenvalue weighted by molar-refractivity contribution is 5.80. The highest BCUT2D eigenvalue weighted by Gasteiger charge is 2.40. The van der Waals surface area contributed by atoms with Gasteiger partial charge in [0.15, 0.2) is 0 Å². The molecule has 1 aliphatic carbocycles. The standard InChI is InChI=1S/C15H21NO3/c1-3-8-16-15(14(17)18)7-6-11-4-5-13(19-2)9-12(11)10-15/h4-5,9,16H,3,6-8,10H2,1-2H3,(H,17,18). The average Bonchev–Trinajstić information content (AvgIpc) is 2.43. The second-order valence-corrected chi connectivity index (χ2v) is 5.13. The first-order chi connectivity index (χ1) is 9.11. The zero-order valence-corrected chi connectivity index (χ0v) is 11.5. The molecule has 0 radical (unpaired) electrons. The lowest BCUT2D eigenvalue weighted by Gasteiger charge is -2.35. The van der Waals surface area contributed by atoms with Gasteiger partial charge in [-0.25, -0.2) is 0 Å². The molecule has 19 heavy (non-hydrogen) atoms. The van der Waals surface area contributed by atoms with Crippen molar-refractivity contribution in [3.63, 3.8) is 0 Å². The molecule has 4 nitrogen and oxygen atoms in total. The zero-order chi connectivity index (χ0) is 13.9. The van der Waals surface area contributed by atoms with E-state index in [-0.39, 0.29) is 0 Å². The summed E-state index contributed by atoms with van der Waals surface area (Å²) in [6.45, 7) is 2.77. The van der Waals surface area contributed by atoms with Crippen LogP contribution in [-0.2, 0) is 17.6 Å². The van der Waals surface area contributed by atoms with Gasteiger partial charge in [-0.1, -0.05) is 13.0 Å². The minimum Gasteiger partial charge on any atom is -0.497 e. The number of hydrogen-bond donors (Lipinski definition) is 2. The molecule has 104 valence electrons. The zero-order valence-electron chi connectivity index (χ0n) is 11.5. The number of aryl methyl sites for hydroxylation is 1. The predicted octanol–water partition coefficient (Wildman–Crippen LogP) is 2.01. The van der Waals surface area contributed by atoms with Crippen molar-refractivity contribution < 1.29 is 14.6 Å². The van der Waals surface area contributed by atoms with Crippen LogP contribution in [0.2, 0.25) is 0 Å². The maximum absolute atomic E-state index is 11.7. The lowest BCUT2D eigenvalue weighted by molar-refractivity contribution is -0.145. The normalized spacial score (nSPS) is 21.8. The molecule has 0 aromatic heterocycles. The van der Waals surface area contributed by atoms with Crippen LogP contribution in [0.5, 0.6) is 5.75 Å². The van der Waals surface area contributed by atoms with Crippen LogP contribution in [0.4, 0.5) is 0 Å². The number of rotatable bonds is 5. The van der Waals surface area contributed by atoms with Gasteiger partial charge in [-0.05, 0) is 49.1 Å². The van der Waals surface area contributed by atoms with E-state index in [1.165, 1.54) is 5.56 Å². The van der Waals surface area contributed by atoms with Crippen LogP contribution in [0.25, 0.3) is 0 Å². The third-order valence-corrected chi connectivity index (χ3v) is 3.85. The van der Waals surface area contributed by atoms with Gasteiger partial charge >= 0.3 is 5.97 Å². The topological polar surface area (TPSA) is 58.6 Å². The Morgan fingerprint density at radius 2 is 2.26 bits per heavy atom. The average molecular weight is 263 g/mol. The Labute approximate surface area is 113 Å². The highest BCUT2D eigenvalue weighted by atomic mass is 16.5. The molecule has 0 fully saturated rings. The fourth-order valence-electron chi connectivity index (χ4n) is 2.67. The maximum atomic E-state index is 11.7. The number of ether oxygens (including phenoxy) is 1. The molecule has 0 aliphatic heterocycles. The Morgan fingerprint density at radius 3 is 2.89 bits per heavy atom. The van der Waals surface area contributed by atoms with Gasteiger partial charge in [0, 0.05) is 6.42 Å². The van der Waals surface area contributed by atoms with E-state index in [0.29, 0.717) is 12.8 Å². The monoisotopic (exact) mass is 263 g/mol. The first-order valence-corrected chi connectivity index (χ1v) is 6.75. The molecule has 1 aromatic rings. The molecule has 1 atom stereocenters.